The second-order valence-electron chi connectivity index (χ2n) is 4.63. The molecule has 0 saturated heterocycles. The van der Waals surface area contributed by atoms with Gasteiger partial charge in [0, 0.05) is 20.1 Å². The zero-order chi connectivity index (χ0) is 15.4. The van der Waals surface area contributed by atoms with E-state index in [1.165, 1.54) is 4.68 Å². The zero-order valence-corrected chi connectivity index (χ0v) is 12.2. The number of aryl methyl sites for hydroxylation is 2. The van der Waals surface area contributed by atoms with Crippen LogP contribution in [0.1, 0.15) is 26.5 Å². The minimum Gasteiger partial charge on any atom is -0.481 e. The predicted octanol–water partition coefficient (Wildman–Crippen LogP) is 1.44. The second-order valence-corrected chi connectivity index (χ2v) is 4.63. The summed E-state index contributed by atoms with van der Waals surface area (Å²) >= 11 is 0. The van der Waals surface area contributed by atoms with Crippen LogP contribution in [-0.2, 0) is 18.3 Å². The molecule has 112 valence electrons. The molecule has 1 unspecified atom stereocenters. The highest BCUT2D eigenvalue weighted by Gasteiger charge is 2.30. The van der Waals surface area contributed by atoms with Crippen LogP contribution in [-0.4, -0.2) is 38.9 Å². The molecule has 0 aliphatic rings. The molecular weight excluding hydrogens is 264 g/mol. The first-order valence-electron chi connectivity index (χ1n) is 6.51. The molecule has 1 aromatic heterocycles. The highest BCUT2D eigenvalue weighted by atomic mass is 16.6. The number of carbonyl (C=O) groups is 1. The lowest BCUT2D eigenvalue weighted by molar-refractivity contribution is -0.384. The second kappa shape index (κ2) is 6.36. The van der Waals surface area contributed by atoms with Gasteiger partial charge in [0.15, 0.2) is 0 Å². The Hall–Kier alpha value is -2.12. The number of carboxylic acids is 1. The van der Waals surface area contributed by atoms with Crippen molar-refractivity contribution in [1.29, 1.82) is 0 Å². The lowest BCUT2D eigenvalue weighted by Gasteiger charge is -2.23. The molecule has 1 N–H and O–H groups in total. The van der Waals surface area contributed by atoms with E-state index in [1.54, 1.807) is 25.8 Å². The Morgan fingerprint density at radius 3 is 2.55 bits per heavy atom. The summed E-state index contributed by atoms with van der Waals surface area (Å²) in [4.78, 5) is 23.5. The van der Waals surface area contributed by atoms with Crippen molar-refractivity contribution < 1.29 is 14.8 Å². The summed E-state index contributed by atoms with van der Waals surface area (Å²) in [7, 11) is 1.63. The molecule has 0 spiro atoms. The number of carboxylic acid groups (broad SMARTS) is 1. The molecule has 0 bridgehead atoms. The molecule has 0 aliphatic carbocycles. The van der Waals surface area contributed by atoms with Crippen LogP contribution in [0.5, 0.6) is 0 Å². The number of hydrogen-bond acceptors (Lipinski definition) is 5. The van der Waals surface area contributed by atoms with Crippen LogP contribution in [0.3, 0.4) is 0 Å². The number of aromatic nitrogens is 2. The molecule has 0 aliphatic heterocycles. The monoisotopic (exact) mass is 284 g/mol. The summed E-state index contributed by atoms with van der Waals surface area (Å²) in [6.07, 6.45) is 0.455. The van der Waals surface area contributed by atoms with Crippen molar-refractivity contribution in [3.05, 3.63) is 15.8 Å². The summed E-state index contributed by atoms with van der Waals surface area (Å²) in [5.74, 6) is -1.18. The lowest BCUT2D eigenvalue weighted by atomic mass is 10.1. The first kappa shape index (κ1) is 15.9. The molecule has 1 aromatic rings. The van der Waals surface area contributed by atoms with Gasteiger partial charge in [-0.15, -0.1) is 0 Å². The molecule has 0 amide bonds. The van der Waals surface area contributed by atoms with Gasteiger partial charge >= 0.3 is 11.7 Å². The van der Waals surface area contributed by atoms with Crippen LogP contribution in [0.4, 0.5) is 11.5 Å². The van der Waals surface area contributed by atoms with Gasteiger partial charge in [0.1, 0.15) is 5.69 Å². The summed E-state index contributed by atoms with van der Waals surface area (Å²) in [5.41, 5.74) is 0.378. The van der Waals surface area contributed by atoms with E-state index < -0.39 is 16.8 Å². The molecular formula is C12H20N4O4. The Morgan fingerprint density at radius 1 is 1.55 bits per heavy atom. The average Bonchev–Trinajstić information content (AvgIpc) is 2.72. The fraction of sp³-hybridized carbons (Fsp3) is 0.667. The van der Waals surface area contributed by atoms with Crippen molar-refractivity contribution in [3.8, 4) is 0 Å². The molecule has 1 atom stereocenters. The van der Waals surface area contributed by atoms with Crippen molar-refractivity contribution in [2.24, 2.45) is 13.0 Å². The summed E-state index contributed by atoms with van der Waals surface area (Å²) in [6, 6.07) is 0. The van der Waals surface area contributed by atoms with Crippen LogP contribution in [0.2, 0.25) is 0 Å². The van der Waals surface area contributed by atoms with E-state index in [0.717, 1.165) is 0 Å². The van der Waals surface area contributed by atoms with Gasteiger partial charge in [-0.2, -0.15) is 5.10 Å². The standard InChI is InChI=1S/C12H20N4O4/c1-5-9-10(16(19)20)11(14(4)13-9)15(6-2)7-8(3)12(17)18/h8H,5-7H2,1-4H3,(H,17,18). The minimum absolute atomic E-state index is 0.0329. The number of nitrogens with zero attached hydrogens (tertiary/aromatic N) is 4. The topological polar surface area (TPSA) is 102 Å². The Morgan fingerprint density at radius 2 is 2.15 bits per heavy atom. The highest BCUT2D eigenvalue weighted by molar-refractivity contribution is 5.71. The summed E-state index contributed by atoms with van der Waals surface area (Å²) in [5, 5.41) is 24.4. The molecule has 0 saturated carbocycles. The molecule has 20 heavy (non-hydrogen) atoms. The maximum atomic E-state index is 11.3. The van der Waals surface area contributed by atoms with Gasteiger partial charge in [-0.3, -0.25) is 14.9 Å². The van der Waals surface area contributed by atoms with Crippen LogP contribution in [0, 0.1) is 16.0 Å². The van der Waals surface area contributed by atoms with Crippen LogP contribution in [0.25, 0.3) is 0 Å². The van der Waals surface area contributed by atoms with E-state index in [0.29, 0.717) is 24.5 Å². The summed E-state index contributed by atoms with van der Waals surface area (Å²) in [6.45, 7) is 5.89. The molecule has 8 heteroatoms. The van der Waals surface area contributed by atoms with Crippen molar-refractivity contribution in [1.82, 2.24) is 9.78 Å². The molecule has 0 fully saturated rings. The van der Waals surface area contributed by atoms with Gasteiger partial charge in [0.25, 0.3) is 0 Å². The van der Waals surface area contributed by atoms with Crippen LogP contribution in [0.15, 0.2) is 0 Å². The fourth-order valence-electron chi connectivity index (χ4n) is 2.11. The third-order valence-electron chi connectivity index (χ3n) is 3.18. The van der Waals surface area contributed by atoms with Crippen LogP contribution >= 0.6 is 0 Å². The Bertz CT molecular complexity index is 512. The molecule has 8 nitrogen and oxygen atoms in total. The number of rotatable bonds is 7. The molecule has 0 radical (unpaired) electrons. The molecule has 1 heterocycles. The van der Waals surface area contributed by atoms with Crippen molar-refractivity contribution >= 4 is 17.5 Å². The van der Waals surface area contributed by atoms with Gasteiger partial charge in [-0.1, -0.05) is 13.8 Å². The molecule has 0 aromatic carbocycles. The lowest BCUT2D eigenvalue weighted by Crippen LogP contribution is -2.33. The molecule has 1 rings (SSSR count). The normalized spacial score (nSPS) is 12.2. The first-order valence-corrected chi connectivity index (χ1v) is 6.51. The third kappa shape index (κ3) is 3.06. The number of aliphatic carboxylic acids is 1. The van der Waals surface area contributed by atoms with Gasteiger partial charge < -0.3 is 10.0 Å². The van der Waals surface area contributed by atoms with Gasteiger partial charge in [0.05, 0.1) is 10.8 Å². The quantitative estimate of drug-likeness (QED) is 0.600. The SMILES string of the molecule is CCc1nn(C)c(N(CC)CC(C)C(=O)O)c1[N+](=O)[O-]. The largest absolute Gasteiger partial charge is 0.481 e. The number of anilines is 1. The van der Waals surface area contributed by atoms with Crippen molar-refractivity contribution in [2.75, 3.05) is 18.0 Å². The highest BCUT2D eigenvalue weighted by Crippen LogP contribution is 2.32. The number of nitro groups is 1. The number of hydrogen-bond donors (Lipinski definition) is 1. The summed E-state index contributed by atoms with van der Waals surface area (Å²) < 4.78 is 1.45. The maximum Gasteiger partial charge on any atom is 0.334 e. The Kier molecular flexibility index (Phi) is 5.06. The first-order chi connectivity index (χ1) is 9.33. The van der Waals surface area contributed by atoms with E-state index >= 15 is 0 Å². The predicted molar refractivity (Wildman–Crippen MR) is 73.9 cm³/mol. The van der Waals surface area contributed by atoms with Gasteiger partial charge in [-0.05, 0) is 13.3 Å². The van der Waals surface area contributed by atoms with E-state index in [4.69, 9.17) is 5.11 Å². The van der Waals surface area contributed by atoms with E-state index in [9.17, 15) is 14.9 Å². The minimum atomic E-state index is -0.927. The van der Waals surface area contributed by atoms with Crippen molar-refractivity contribution in [3.63, 3.8) is 0 Å². The third-order valence-corrected chi connectivity index (χ3v) is 3.18. The Labute approximate surface area is 117 Å². The average molecular weight is 284 g/mol. The fourth-order valence-corrected chi connectivity index (χ4v) is 2.11. The van der Waals surface area contributed by atoms with E-state index in [-0.39, 0.29) is 12.2 Å². The van der Waals surface area contributed by atoms with Crippen molar-refractivity contribution in [2.45, 2.75) is 27.2 Å². The Balaban J connectivity index is 3.24. The van der Waals surface area contributed by atoms with Gasteiger partial charge in [-0.25, -0.2) is 4.68 Å². The van der Waals surface area contributed by atoms with E-state index in [1.807, 2.05) is 6.92 Å². The van der Waals surface area contributed by atoms with Gasteiger partial charge in [0.2, 0.25) is 5.82 Å². The van der Waals surface area contributed by atoms with Crippen LogP contribution < -0.4 is 4.90 Å². The maximum absolute atomic E-state index is 11.3. The smallest absolute Gasteiger partial charge is 0.334 e. The van der Waals surface area contributed by atoms with E-state index in [2.05, 4.69) is 5.10 Å². The zero-order valence-electron chi connectivity index (χ0n) is 12.2.